The first-order valence-electron chi connectivity index (χ1n) is 4.84. The largest absolute Gasteiger partial charge is 0.480 e. The minimum Gasteiger partial charge on any atom is -0.480 e. The number of carboxylic acids is 1. The Hall–Kier alpha value is -1.17. The fraction of sp³-hybridized carbons (Fsp3) is 0.667. The third-order valence-electron chi connectivity index (χ3n) is 2.17. The van der Waals surface area contributed by atoms with Crippen LogP contribution in [-0.2, 0) is 11.2 Å². The number of aliphatic carboxylic acids is 1. The molecule has 0 amide bonds. The molecule has 0 spiro atoms. The van der Waals surface area contributed by atoms with Crippen molar-refractivity contribution in [1.82, 2.24) is 9.36 Å². The molecule has 1 atom stereocenters. The number of nitrogens with zero attached hydrogens (tertiary/aromatic N) is 3. The maximum Gasteiger partial charge on any atom is 0.326 e. The van der Waals surface area contributed by atoms with Crippen LogP contribution in [0.3, 0.4) is 0 Å². The Balaban J connectivity index is 2.73. The van der Waals surface area contributed by atoms with E-state index in [2.05, 4.69) is 16.3 Å². The molecule has 15 heavy (non-hydrogen) atoms. The summed E-state index contributed by atoms with van der Waals surface area (Å²) in [6.45, 7) is 3.69. The average molecular weight is 229 g/mol. The summed E-state index contributed by atoms with van der Waals surface area (Å²) in [6.07, 6.45) is 1.83. The van der Waals surface area contributed by atoms with Crippen LogP contribution in [0.15, 0.2) is 0 Å². The number of aryl methyl sites for hydroxylation is 1. The molecule has 0 aliphatic carbocycles. The second-order valence-corrected chi connectivity index (χ2v) is 4.10. The quantitative estimate of drug-likeness (QED) is 0.826. The van der Waals surface area contributed by atoms with E-state index in [1.807, 2.05) is 0 Å². The van der Waals surface area contributed by atoms with Crippen molar-refractivity contribution in [3.63, 3.8) is 0 Å². The molecule has 0 saturated heterocycles. The number of likely N-dealkylation sites (N-methyl/N-ethyl adjacent to an activating group) is 1. The van der Waals surface area contributed by atoms with Gasteiger partial charge in [-0.05, 0) is 13.3 Å². The Morgan fingerprint density at radius 3 is 2.87 bits per heavy atom. The zero-order chi connectivity index (χ0) is 11.4. The zero-order valence-electron chi connectivity index (χ0n) is 9.10. The Bertz CT molecular complexity index is 340. The van der Waals surface area contributed by atoms with Crippen molar-refractivity contribution in [3.8, 4) is 0 Å². The number of rotatable bonds is 5. The fourth-order valence-electron chi connectivity index (χ4n) is 1.04. The lowest BCUT2D eigenvalue weighted by molar-refractivity contribution is -0.138. The van der Waals surface area contributed by atoms with Gasteiger partial charge in [0.1, 0.15) is 11.9 Å². The molecule has 0 bridgehead atoms. The highest BCUT2D eigenvalue weighted by molar-refractivity contribution is 7.09. The predicted molar refractivity (Wildman–Crippen MR) is 59.4 cm³/mol. The summed E-state index contributed by atoms with van der Waals surface area (Å²) >= 11 is 1.24. The van der Waals surface area contributed by atoms with Gasteiger partial charge in [-0.1, -0.05) is 6.92 Å². The van der Waals surface area contributed by atoms with Crippen molar-refractivity contribution in [3.05, 3.63) is 5.82 Å². The van der Waals surface area contributed by atoms with Crippen molar-refractivity contribution < 1.29 is 9.90 Å². The molecule has 0 aliphatic rings. The average Bonchev–Trinajstić information content (AvgIpc) is 2.64. The summed E-state index contributed by atoms with van der Waals surface area (Å²) in [5.74, 6) is -0.0633. The van der Waals surface area contributed by atoms with Gasteiger partial charge in [0.2, 0.25) is 5.13 Å². The third-order valence-corrected chi connectivity index (χ3v) is 3.02. The molecule has 0 fully saturated rings. The van der Waals surface area contributed by atoms with Gasteiger partial charge in [-0.25, -0.2) is 9.78 Å². The van der Waals surface area contributed by atoms with Gasteiger partial charge in [-0.2, -0.15) is 4.37 Å². The zero-order valence-corrected chi connectivity index (χ0v) is 9.91. The van der Waals surface area contributed by atoms with E-state index in [9.17, 15) is 4.79 Å². The van der Waals surface area contributed by atoms with E-state index < -0.39 is 12.0 Å². The van der Waals surface area contributed by atoms with Crippen LogP contribution >= 0.6 is 11.5 Å². The van der Waals surface area contributed by atoms with E-state index in [0.717, 1.165) is 18.7 Å². The first kappa shape index (κ1) is 11.9. The summed E-state index contributed by atoms with van der Waals surface area (Å²) in [5, 5.41) is 9.50. The van der Waals surface area contributed by atoms with Gasteiger partial charge in [0.05, 0.1) is 0 Å². The number of hydrogen-bond donors (Lipinski definition) is 1. The van der Waals surface area contributed by atoms with E-state index >= 15 is 0 Å². The van der Waals surface area contributed by atoms with Crippen LogP contribution in [0.4, 0.5) is 5.13 Å². The molecular formula is C9H15N3O2S. The normalized spacial score (nSPS) is 12.5. The fourth-order valence-corrected chi connectivity index (χ4v) is 1.80. The Labute approximate surface area is 92.9 Å². The molecule has 1 N–H and O–H groups in total. The maximum absolute atomic E-state index is 10.8. The first-order chi connectivity index (χ1) is 7.06. The van der Waals surface area contributed by atoms with Crippen molar-refractivity contribution in [2.24, 2.45) is 0 Å². The minimum absolute atomic E-state index is 0.576. The van der Waals surface area contributed by atoms with Crippen molar-refractivity contribution >= 4 is 22.6 Å². The molecule has 0 aliphatic heterocycles. The minimum atomic E-state index is -0.857. The molecule has 1 heterocycles. The number of hydrogen-bond acceptors (Lipinski definition) is 5. The van der Waals surface area contributed by atoms with Gasteiger partial charge >= 0.3 is 5.97 Å². The van der Waals surface area contributed by atoms with Crippen LogP contribution in [0.25, 0.3) is 0 Å². The Kier molecular flexibility index (Phi) is 4.02. The van der Waals surface area contributed by atoms with Crippen molar-refractivity contribution in [2.75, 3.05) is 11.9 Å². The van der Waals surface area contributed by atoms with Crippen LogP contribution in [0.2, 0.25) is 0 Å². The van der Waals surface area contributed by atoms with E-state index in [0.29, 0.717) is 5.13 Å². The molecule has 0 radical (unpaired) electrons. The molecule has 84 valence electrons. The third kappa shape index (κ3) is 2.89. The maximum atomic E-state index is 10.8. The number of anilines is 1. The first-order valence-corrected chi connectivity index (χ1v) is 5.61. The smallest absolute Gasteiger partial charge is 0.326 e. The summed E-state index contributed by atoms with van der Waals surface area (Å²) in [4.78, 5) is 16.7. The standard InChI is InChI=1S/C9H15N3O2S/c1-4-5-7-10-9(15-11-7)12(3)6(2)8(13)14/h6H,4-5H2,1-3H3,(H,13,14). The van der Waals surface area contributed by atoms with Gasteiger partial charge in [0, 0.05) is 25.0 Å². The van der Waals surface area contributed by atoms with E-state index in [1.165, 1.54) is 11.5 Å². The number of aromatic nitrogens is 2. The second-order valence-electron chi connectivity index (χ2n) is 3.37. The summed E-state index contributed by atoms with van der Waals surface area (Å²) in [6, 6.07) is -0.576. The topological polar surface area (TPSA) is 66.3 Å². The van der Waals surface area contributed by atoms with Crippen LogP contribution in [0, 0.1) is 0 Å². The van der Waals surface area contributed by atoms with Gasteiger partial charge < -0.3 is 10.0 Å². The highest BCUT2D eigenvalue weighted by Gasteiger charge is 2.20. The van der Waals surface area contributed by atoms with E-state index in [4.69, 9.17) is 5.11 Å². The lowest BCUT2D eigenvalue weighted by Gasteiger charge is -2.19. The highest BCUT2D eigenvalue weighted by Crippen LogP contribution is 2.18. The number of carbonyl (C=O) groups is 1. The molecule has 0 saturated carbocycles. The predicted octanol–water partition coefficient (Wildman–Crippen LogP) is 1.40. The van der Waals surface area contributed by atoms with Crippen molar-refractivity contribution in [1.29, 1.82) is 0 Å². The molecule has 6 heteroatoms. The van der Waals surface area contributed by atoms with Gasteiger partial charge in [0.15, 0.2) is 0 Å². The second kappa shape index (κ2) is 5.06. The lowest BCUT2D eigenvalue weighted by atomic mass is 10.3. The monoisotopic (exact) mass is 229 g/mol. The van der Waals surface area contributed by atoms with E-state index in [-0.39, 0.29) is 0 Å². The molecule has 1 unspecified atom stereocenters. The molecule has 1 rings (SSSR count). The summed E-state index contributed by atoms with van der Waals surface area (Å²) in [7, 11) is 1.72. The lowest BCUT2D eigenvalue weighted by Crippen LogP contribution is -2.35. The van der Waals surface area contributed by atoms with Gasteiger partial charge in [-0.15, -0.1) is 0 Å². The molecule has 0 aromatic carbocycles. The van der Waals surface area contributed by atoms with Crippen LogP contribution < -0.4 is 4.90 Å². The van der Waals surface area contributed by atoms with Crippen LogP contribution in [0.1, 0.15) is 26.1 Å². The number of carboxylic acid groups (broad SMARTS) is 1. The molecule has 1 aromatic rings. The van der Waals surface area contributed by atoms with Gasteiger partial charge in [0.25, 0.3) is 0 Å². The summed E-state index contributed by atoms with van der Waals surface area (Å²) < 4.78 is 4.16. The van der Waals surface area contributed by atoms with Crippen molar-refractivity contribution in [2.45, 2.75) is 32.7 Å². The highest BCUT2D eigenvalue weighted by atomic mass is 32.1. The SMILES string of the molecule is CCCc1nsc(N(C)C(C)C(=O)O)n1. The Morgan fingerprint density at radius 1 is 1.67 bits per heavy atom. The summed E-state index contributed by atoms with van der Waals surface area (Å²) in [5.41, 5.74) is 0. The Morgan fingerprint density at radius 2 is 2.33 bits per heavy atom. The molecule has 1 aromatic heterocycles. The van der Waals surface area contributed by atoms with E-state index in [1.54, 1.807) is 18.9 Å². The van der Waals surface area contributed by atoms with Gasteiger partial charge in [-0.3, -0.25) is 0 Å². The molecule has 5 nitrogen and oxygen atoms in total. The molecular weight excluding hydrogens is 214 g/mol. The van der Waals surface area contributed by atoms with Crippen LogP contribution in [-0.4, -0.2) is 33.5 Å². The van der Waals surface area contributed by atoms with Crippen LogP contribution in [0.5, 0.6) is 0 Å².